The van der Waals surface area contributed by atoms with Gasteiger partial charge in [-0.3, -0.25) is 10.1 Å². The largest absolute Gasteiger partial charge is 0.364 e. The highest BCUT2D eigenvalue weighted by atomic mass is 16.6. The Morgan fingerprint density at radius 2 is 1.95 bits per heavy atom. The molecule has 2 aromatic heterocycles. The van der Waals surface area contributed by atoms with Crippen molar-refractivity contribution in [3.05, 3.63) is 40.7 Å². The molecule has 0 amide bonds. The smallest absolute Gasteiger partial charge is 0.353 e. The van der Waals surface area contributed by atoms with Gasteiger partial charge in [-0.2, -0.15) is 0 Å². The van der Waals surface area contributed by atoms with Crippen LogP contribution >= 0.6 is 0 Å². The second kappa shape index (κ2) is 7.08. The molecule has 9 heteroatoms. The molecule has 0 aliphatic rings. The fourth-order valence-electron chi connectivity index (χ4n) is 1.65. The van der Waals surface area contributed by atoms with E-state index in [4.69, 9.17) is 0 Å². The lowest BCUT2D eigenvalue weighted by Gasteiger charge is -2.09. The van der Waals surface area contributed by atoms with E-state index in [9.17, 15) is 10.1 Å². The Kier molecular flexibility index (Phi) is 4.91. The molecule has 0 bridgehead atoms. The van der Waals surface area contributed by atoms with Crippen molar-refractivity contribution in [1.82, 2.24) is 19.9 Å². The summed E-state index contributed by atoms with van der Waals surface area (Å²) in [5, 5.41) is 17.1. The molecular weight excluding hydrogens is 274 g/mol. The van der Waals surface area contributed by atoms with Gasteiger partial charge in [0.15, 0.2) is 0 Å². The van der Waals surface area contributed by atoms with Gasteiger partial charge in [0, 0.05) is 12.7 Å². The molecule has 0 fully saturated rings. The summed E-state index contributed by atoms with van der Waals surface area (Å²) in [6.07, 6.45) is 5.14. The number of hydrogen-bond acceptors (Lipinski definition) is 8. The molecule has 0 saturated heterocycles. The zero-order valence-electron chi connectivity index (χ0n) is 11.5. The molecule has 2 rings (SSSR count). The van der Waals surface area contributed by atoms with Crippen LogP contribution in [0.25, 0.3) is 0 Å². The van der Waals surface area contributed by atoms with E-state index in [0.29, 0.717) is 18.8 Å². The Morgan fingerprint density at radius 3 is 2.57 bits per heavy atom. The van der Waals surface area contributed by atoms with Crippen molar-refractivity contribution in [2.75, 3.05) is 17.2 Å². The van der Waals surface area contributed by atoms with Gasteiger partial charge in [-0.15, -0.1) is 0 Å². The predicted octanol–water partition coefficient (Wildman–Crippen LogP) is 1.61. The monoisotopic (exact) mass is 289 g/mol. The highest BCUT2D eigenvalue weighted by Crippen LogP contribution is 2.28. The molecule has 2 N–H and O–H groups in total. The Labute approximate surface area is 121 Å². The fourth-order valence-corrected chi connectivity index (χ4v) is 1.65. The lowest BCUT2D eigenvalue weighted by Crippen LogP contribution is -2.10. The van der Waals surface area contributed by atoms with Crippen molar-refractivity contribution in [1.29, 1.82) is 0 Å². The summed E-state index contributed by atoms with van der Waals surface area (Å²) in [5.74, 6) is 0.370. The Balaban J connectivity index is 2.20. The molecule has 0 unspecified atom stereocenters. The van der Waals surface area contributed by atoms with E-state index in [1.165, 1.54) is 12.7 Å². The van der Waals surface area contributed by atoms with Crippen molar-refractivity contribution in [3.63, 3.8) is 0 Å². The van der Waals surface area contributed by atoms with E-state index in [1.807, 2.05) is 6.92 Å². The third-order valence-electron chi connectivity index (χ3n) is 2.63. The van der Waals surface area contributed by atoms with Crippen molar-refractivity contribution in [3.8, 4) is 0 Å². The average molecular weight is 289 g/mol. The van der Waals surface area contributed by atoms with Gasteiger partial charge < -0.3 is 10.6 Å². The van der Waals surface area contributed by atoms with Crippen molar-refractivity contribution < 1.29 is 4.92 Å². The molecule has 21 heavy (non-hydrogen) atoms. The van der Waals surface area contributed by atoms with Crippen molar-refractivity contribution in [2.24, 2.45) is 0 Å². The highest BCUT2D eigenvalue weighted by molar-refractivity contribution is 5.69. The second-order valence-electron chi connectivity index (χ2n) is 4.16. The lowest BCUT2D eigenvalue weighted by atomic mass is 10.3. The van der Waals surface area contributed by atoms with Gasteiger partial charge in [-0.25, -0.2) is 19.9 Å². The van der Waals surface area contributed by atoms with E-state index < -0.39 is 4.92 Å². The molecular formula is C12H15N7O2. The Morgan fingerprint density at radius 1 is 1.19 bits per heavy atom. The molecule has 0 spiro atoms. The number of rotatable bonds is 7. The normalized spacial score (nSPS) is 10.1. The van der Waals surface area contributed by atoms with Crippen LogP contribution in [0.3, 0.4) is 0 Å². The molecule has 110 valence electrons. The SMILES string of the molecule is CCCNc1ncnc(NCc2ccncn2)c1[N+](=O)[O-]. The first-order chi connectivity index (χ1) is 10.2. The first kappa shape index (κ1) is 14.6. The topological polar surface area (TPSA) is 119 Å². The van der Waals surface area contributed by atoms with Crippen LogP contribution in [-0.2, 0) is 6.54 Å². The summed E-state index contributed by atoms with van der Waals surface area (Å²) < 4.78 is 0. The lowest BCUT2D eigenvalue weighted by molar-refractivity contribution is -0.383. The molecule has 0 atom stereocenters. The predicted molar refractivity (Wildman–Crippen MR) is 76.8 cm³/mol. The minimum absolute atomic E-state index is 0.159. The third kappa shape index (κ3) is 3.81. The molecule has 0 aliphatic heterocycles. The number of nitrogens with one attached hydrogen (secondary N) is 2. The van der Waals surface area contributed by atoms with Gasteiger partial charge in [0.2, 0.25) is 11.6 Å². The van der Waals surface area contributed by atoms with E-state index in [2.05, 4.69) is 30.6 Å². The van der Waals surface area contributed by atoms with E-state index in [-0.39, 0.29) is 17.3 Å². The summed E-state index contributed by atoms with van der Waals surface area (Å²) in [4.78, 5) is 26.4. The quantitative estimate of drug-likeness (QED) is 0.582. The second-order valence-corrected chi connectivity index (χ2v) is 4.16. The molecule has 0 aliphatic carbocycles. The van der Waals surface area contributed by atoms with Gasteiger partial charge >= 0.3 is 5.69 Å². The number of hydrogen-bond donors (Lipinski definition) is 2. The first-order valence-electron chi connectivity index (χ1n) is 6.44. The van der Waals surface area contributed by atoms with Crippen LogP contribution in [0.4, 0.5) is 17.3 Å². The van der Waals surface area contributed by atoms with Crippen LogP contribution in [0.5, 0.6) is 0 Å². The summed E-state index contributed by atoms with van der Waals surface area (Å²) in [6.45, 7) is 2.88. The fraction of sp³-hybridized carbons (Fsp3) is 0.333. The zero-order valence-corrected chi connectivity index (χ0v) is 11.5. The number of nitro groups is 1. The van der Waals surface area contributed by atoms with E-state index in [1.54, 1.807) is 12.3 Å². The first-order valence-corrected chi connectivity index (χ1v) is 6.44. The average Bonchev–Trinajstić information content (AvgIpc) is 2.51. The van der Waals surface area contributed by atoms with Gasteiger partial charge in [-0.1, -0.05) is 6.92 Å². The van der Waals surface area contributed by atoms with Crippen molar-refractivity contribution in [2.45, 2.75) is 19.9 Å². The third-order valence-corrected chi connectivity index (χ3v) is 2.63. The number of aromatic nitrogens is 4. The zero-order chi connectivity index (χ0) is 15.1. The Hall–Kier alpha value is -2.84. The van der Waals surface area contributed by atoms with Crippen LogP contribution in [0.1, 0.15) is 19.0 Å². The maximum absolute atomic E-state index is 11.2. The maximum Gasteiger partial charge on any atom is 0.353 e. The molecule has 0 saturated carbocycles. The van der Waals surface area contributed by atoms with Crippen LogP contribution in [-0.4, -0.2) is 31.4 Å². The van der Waals surface area contributed by atoms with Crippen LogP contribution < -0.4 is 10.6 Å². The molecule has 0 aromatic carbocycles. The van der Waals surface area contributed by atoms with E-state index in [0.717, 1.165) is 6.42 Å². The summed E-state index contributed by atoms with van der Waals surface area (Å²) in [7, 11) is 0. The van der Waals surface area contributed by atoms with Gasteiger partial charge in [0.25, 0.3) is 0 Å². The minimum atomic E-state index is -0.500. The summed E-state index contributed by atoms with van der Waals surface area (Å²) in [6, 6.07) is 1.72. The van der Waals surface area contributed by atoms with Crippen LogP contribution in [0, 0.1) is 10.1 Å². The molecule has 9 nitrogen and oxygen atoms in total. The molecule has 2 aromatic rings. The minimum Gasteiger partial charge on any atom is -0.364 e. The van der Waals surface area contributed by atoms with Gasteiger partial charge in [-0.05, 0) is 12.5 Å². The summed E-state index contributed by atoms with van der Waals surface area (Å²) >= 11 is 0. The maximum atomic E-state index is 11.2. The molecule has 0 radical (unpaired) electrons. The standard InChI is InChI=1S/C12H15N7O2/c1-2-4-14-11-10(19(20)21)12(18-8-17-11)15-6-9-3-5-13-7-16-9/h3,5,7-8H,2,4,6H2,1H3,(H2,14,15,17,18). The molecule has 2 heterocycles. The van der Waals surface area contributed by atoms with Crippen LogP contribution in [0.15, 0.2) is 24.9 Å². The van der Waals surface area contributed by atoms with E-state index >= 15 is 0 Å². The number of nitrogens with zero attached hydrogens (tertiary/aromatic N) is 5. The van der Waals surface area contributed by atoms with Gasteiger partial charge in [0.05, 0.1) is 17.2 Å². The van der Waals surface area contributed by atoms with Gasteiger partial charge in [0.1, 0.15) is 12.7 Å². The summed E-state index contributed by atoms with van der Waals surface area (Å²) in [5.41, 5.74) is 0.543. The van der Waals surface area contributed by atoms with Crippen molar-refractivity contribution >= 4 is 17.3 Å². The highest BCUT2D eigenvalue weighted by Gasteiger charge is 2.22. The number of anilines is 2. The Bertz CT molecular complexity index is 606. The van der Waals surface area contributed by atoms with Crippen LogP contribution in [0.2, 0.25) is 0 Å².